The van der Waals surface area contributed by atoms with Crippen LogP contribution in [0.4, 0.5) is 0 Å². The molecule has 7 atom stereocenters. The molecule has 0 aliphatic carbocycles. The van der Waals surface area contributed by atoms with Crippen LogP contribution >= 0.6 is 0 Å². The second kappa shape index (κ2) is 22.6. The van der Waals surface area contributed by atoms with Crippen molar-refractivity contribution in [2.75, 3.05) is 14.1 Å². The highest BCUT2D eigenvalue weighted by Crippen LogP contribution is 2.19. The summed E-state index contributed by atoms with van der Waals surface area (Å²) in [6, 6.07) is 5.45. The molecule has 0 fully saturated rings. The number of rotatable bonds is 23. The van der Waals surface area contributed by atoms with Crippen LogP contribution in [0.1, 0.15) is 83.8 Å². The van der Waals surface area contributed by atoms with Crippen LogP contribution in [-0.2, 0) is 36.8 Å². The van der Waals surface area contributed by atoms with Gasteiger partial charge in [-0.05, 0) is 61.1 Å². The Bertz CT molecular complexity index is 1540. The zero-order valence-corrected chi connectivity index (χ0v) is 32.9. The van der Waals surface area contributed by atoms with Crippen molar-refractivity contribution in [3.8, 4) is 11.5 Å². The molecular weight excluding hydrogens is 710 g/mol. The lowest BCUT2D eigenvalue weighted by atomic mass is 9.98. The van der Waals surface area contributed by atoms with Gasteiger partial charge in [-0.2, -0.15) is 0 Å². The number of unbranched alkanes of at least 4 members (excludes halogenated alkanes) is 4. The Balaban J connectivity index is 2.36. The number of hydrogen-bond acceptors (Lipinski definition) is 10. The number of amides is 4. The van der Waals surface area contributed by atoms with Gasteiger partial charge in [-0.3, -0.25) is 19.2 Å². The van der Waals surface area contributed by atoms with Gasteiger partial charge in [-0.15, -0.1) is 0 Å². The second-order valence-electron chi connectivity index (χ2n) is 14.7. The number of phenolic OH excluding ortho intramolecular Hbond substituents is 2. The third-order valence-corrected chi connectivity index (χ3v) is 9.63. The fourth-order valence-corrected chi connectivity index (χ4v) is 6.20. The van der Waals surface area contributed by atoms with Gasteiger partial charge in [0.2, 0.25) is 17.7 Å². The number of aliphatic hydroxyl groups excluding tert-OH is 2. The maximum Gasteiger partial charge on any atom is 0.326 e. The molecular formula is C40H61N5O10. The standard InChI is InChI=1S/C40H61N5O10/c1-7-8-9-10-11-12-30(41)35(49)37(51)43-34(25(4)46)39(53)44(5)32(21-24(2)3)36(50)42-31(22-26-13-17-28(47)18-14-26)38(52)45(6)33(40(54)55)23-27-15-19-29(48)20-16-27/h13-20,24-25,30-35,46-49H,7-12,21-23,41H2,1-6H3,(H,42,50)(H,43,51)(H,54,55)/t25-,30-,31-,32+,33-,34+,35+/m0/s1. The Labute approximate surface area is 323 Å². The monoisotopic (exact) mass is 771 g/mol. The zero-order valence-electron chi connectivity index (χ0n) is 32.9. The van der Waals surface area contributed by atoms with Gasteiger partial charge in [0.15, 0.2) is 0 Å². The maximum absolute atomic E-state index is 14.1. The molecule has 2 aromatic carbocycles. The van der Waals surface area contributed by atoms with E-state index >= 15 is 0 Å². The topological polar surface area (TPSA) is 243 Å². The van der Waals surface area contributed by atoms with Crippen LogP contribution in [-0.4, -0.2) is 121 Å². The van der Waals surface area contributed by atoms with E-state index in [0.717, 1.165) is 35.5 Å². The van der Waals surface area contributed by atoms with Gasteiger partial charge in [0.1, 0.15) is 41.8 Å². The van der Waals surface area contributed by atoms with E-state index in [-0.39, 0.29) is 36.7 Å². The Morgan fingerprint density at radius 1 is 0.709 bits per heavy atom. The van der Waals surface area contributed by atoms with Crippen molar-refractivity contribution in [3.63, 3.8) is 0 Å². The van der Waals surface area contributed by atoms with Crippen molar-refractivity contribution in [1.82, 2.24) is 20.4 Å². The molecule has 55 heavy (non-hydrogen) atoms. The van der Waals surface area contributed by atoms with Crippen LogP contribution in [0.2, 0.25) is 0 Å². The summed E-state index contributed by atoms with van der Waals surface area (Å²) in [4.78, 5) is 69.7. The molecule has 0 aliphatic heterocycles. The van der Waals surface area contributed by atoms with Gasteiger partial charge >= 0.3 is 5.97 Å². The van der Waals surface area contributed by atoms with Crippen molar-refractivity contribution in [3.05, 3.63) is 59.7 Å². The number of carboxylic acids is 1. The first-order valence-corrected chi connectivity index (χ1v) is 18.9. The molecule has 15 nitrogen and oxygen atoms in total. The highest BCUT2D eigenvalue weighted by Gasteiger charge is 2.39. The molecule has 0 aliphatic rings. The van der Waals surface area contributed by atoms with Crippen LogP contribution < -0.4 is 16.4 Å². The number of nitrogens with zero attached hydrogens (tertiary/aromatic N) is 2. The molecule has 0 unspecified atom stereocenters. The lowest BCUT2D eigenvalue weighted by Crippen LogP contribution is -2.61. The average Bonchev–Trinajstić information content (AvgIpc) is 3.14. The number of carboxylic acid groups (broad SMARTS) is 1. The lowest BCUT2D eigenvalue weighted by molar-refractivity contribution is -0.151. The molecule has 2 aromatic rings. The van der Waals surface area contributed by atoms with E-state index in [1.807, 2.05) is 13.8 Å². The van der Waals surface area contributed by atoms with Gasteiger partial charge < -0.3 is 51.7 Å². The van der Waals surface area contributed by atoms with E-state index in [2.05, 4.69) is 17.6 Å². The van der Waals surface area contributed by atoms with Gasteiger partial charge in [0.25, 0.3) is 5.91 Å². The second-order valence-corrected chi connectivity index (χ2v) is 14.7. The molecule has 0 heterocycles. The number of phenols is 2. The number of aliphatic hydroxyl groups is 2. The predicted molar refractivity (Wildman–Crippen MR) is 207 cm³/mol. The highest BCUT2D eigenvalue weighted by molar-refractivity contribution is 5.95. The normalized spacial score (nSPS) is 15.2. The van der Waals surface area contributed by atoms with Crippen molar-refractivity contribution in [1.29, 1.82) is 0 Å². The average molecular weight is 772 g/mol. The van der Waals surface area contributed by atoms with Crippen LogP contribution in [0.5, 0.6) is 11.5 Å². The van der Waals surface area contributed by atoms with Crippen molar-refractivity contribution < 1.29 is 49.5 Å². The van der Waals surface area contributed by atoms with Gasteiger partial charge in [0, 0.05) is 33.0 Å². The van der Waals surface area contributed by atoms with E-state index in [9.17, 15) is 49.5 Å². The molecule has 0 spiro atoms. The van der Waals surface area contributed by atoms with Gasteiger partial charge in [0.05, 0.1) is 6.10 Å². The lowest BCUT2D eigenvalue weighted by Gasteiger charge is -2.35. The number of nitrogens with two attached hydrogens (primary N) is 1. The number of benzene rings is 2. The molecule has 0 saturated heterocycles. The van der Waals surface area contributed by atoms with Crippen LogP contribution in [0, 0.1) is 5.92 Å². The molecule has 2 rings (SSSR count). The first-order valence-electron chi connectivity index (χ1n) is 18.9. The molecule has 9 N–H and O–H groups in total. The summed E-state index contributed by atoms with van der Waals surface area (Å²) in [5, 5.41) is 56.0. The number of carbonyl (C=O) groups is 5. The predicted octanol–water partition coefficient (Wildman–Crippen LogP) is 2.07. The van der Waals surface area contributed by atoms with Crippen molar-refractivity contribution in [2.45, 2.75) is 128 Å². The number of nitrogens with one attached hydrogen (secondary N) is 2. The van der Waals surface area contributed by atoms with Crippen LogP contribution in [0.25, 0.3) is 0 Å². The quantitative estimate of drug-likeness (QED) is 0.0761. The van der Waals surface area contributed by atoms with E-state index in [1.54, 1.807) is 12.1 Å². The molecule has 306 valence electrons. The highest BCUT2D eigenvalue weighted by atomic mass is 16.4. The fraction of sp³-hybridized carbons (Fsp3) is 0.575. The molecule has 0 aromatic heterocycles. The third kappa shape index (κ3) is 14.8. The first kappa shape index (κ1) is 46.4. The molecule has 0 radical (unpaired) electrons. The number of aliphatic carboxylic acids is 1. The number of hydrogen-bond donors (Lipinski definition) is 8. The van der Waals surface area contributed by atoms with E-state index in [0.29, 0.717) is 24.0 Å². The number of aromatic hydroxyl groups is 2. The third-order valence-electron chi connectivity index (χ3n) is 9.63. The summed E-state index contributed by atoms with van der Waals surface area (Å²) in [7, 11) is 2.64. The summed E-state index contributed by atoms with van der Waals surface area (Å²) in [5.41, 5.74) is 7.17. The van der Waals surface area contributed by atoms with Gasteiger partial charge in [-0.25, -0.2) is 4.79 Å². The molecule has 4 amide bonds. The summed E-state index contributed by atoms with van der Waals surface area (Å²) in [5.74, 6) is -4.76. The van der Waals surface area contributed by atoms with Crippen LogP contribution in [0.3, 0.4) is 0 Å². The maximum atomic E-state index is 14.1. The summed E-state index contributed by atoms with van der Waals surface area (Å²) >= 11 is 0. The Hall–Kier alpha value is -4.73. The van der Waals surface area contributed by atoms with Crippen LogP contribution in [0.15, 0.2) is 48.5 Å². The summed E-state index contributed by atoms with van der Waals surface area (Å²) < 4.78 is 0. The number of carbonyl (C=O) groups excluding carboxylic acids is 4. The minimum atomic E-state index is -1.65. The van der Waals surface area contributed by atoms with Gasteiger partial charge in [-0.1, -0.05) is 77.1 Å². The van der Waals surface area contributed by atoms with E-state index < -0.39 is 72.0 Å². The minimum absolute atomic E-state index is 0.0106. The molecule has 15 heteroatoms. The summed E-state index contributed by atoms with van der Waals surface area (Å²) in [6.45, 7) is 7.01. The number of likely N-dealkylation sites (N-methyl/N-ethyl adjacent to an activating group) is 2. The smallest absolute Gasteiger partial charge is 0.326 e. The largest absolute Gasteiger partial charge is 0.508 e. The van der Waals surface area contributed by atoms with Crippen molar-refractivity contribution in [2.24, 2.45) is 11.7 Å². The SMILES string of the molecule is CCCCCCC[C@H](N)[C@@H](O)C(=O)N[C@@H](C(=O)N(C)[C@H](CC(C)C)C(=O)N[C@@H](Cc1ccc(O)cc1)C(=O)N(C)[C@@H](Cc1ccc(O)cc1)C(=O)O)[C@H](C)O. The minimum Gasteiger partial charge on any atom is -0.508 e. The fourth-order valence-electron chi connectivity index (χ4n) is 6.20. The van der Waals surface area contributed by atoms with E-state index in [1.165, 1.54) is 57.4 Å². The Morgan fingerprint density at radius 3 is 1.71 bits per heavy atom. The molecule has 0 saturated carbocycles. The van der Waals surface area contributed by atoms with E-state index in [4.69, 9.17) is 5.73 Å². The first-order chi connectivity index (χ1) is 25.9. The summed E-state index contributed by atoms with van der Waals surface area (Å²) in [6.07, 6.45) is 1.95. The van der Waals surface area contributed by atoms with Crippen molar-refractivity contribution >= 4 is 29.6 Å². The Kier molecular flexibility index (Phi) is 19.1. The molecule has 0 bridgehead atoms. The zero-order chi connectivity index (χ0) is 41.4. The Morgan fingerprint density at radius 2 is 1.22 bits per heavy atom.